The quantitative estimate of drug-likeness (QED) is 0.456. The van der Waals surface area contributed by atoms with Crippen LogP contribution in [0.15, 0.2) is 24.3 Å². The zero-order valence-corrected chi connectivity index (χ0v) is 17.8. The number of H-pyrrole nitrogens is 1. The zero-order chi connectivity index (χ0) is 22.0. The van der Waals surface area contributed by atoms with Crippen molar-refractivity contribution in [2.45, 2.75) is 34.1 Å². The van der Waals surface area contributed by atoms with Crippen molar-refractivity contribution in [2.75, 3.05) is 19.7 Å². The number of aromatic nitrogens is 1. The number of amides is 1. The Balaban J connectivity index is 2.06. The van der Waals surface area contributed by atoms with Crippen molar-refractivity contribution in [2.24, 2.45) is 11.8 Å². The summed E-state index contributed by atoms with van der Waals surface area (Å²) in [5.74, 6) is -1.74. The van der Waals surface area contributed by atoms with Gasteiger partial charge in [-0.25, -0.2) is 9.18 Å². The first-order valence-corrected chi connectivity index (χ1v) is 10.2. The molecule has 30 heavy (non-hydrogen) atoms. The zero-order valence-electron chi connectivity index (χ0n) is 17.8. The minimum Gasteiger partial charge on any atom is -0.462 e. The molecule has 2 heterocycles. The van der Waals surface area contributed by atoms with Crippen molar-refractivity contribution < 1.29 is 23.5 Å². The number of Topliss-reactive ketones (excluding diaryl/α,β-unsaturated/α-hetero) is 1. The number of carbonyl (C=O) groups is 3. The lowest BCUT2D eigenvalue weighted by atomic mass is 9.91. The van der Waals surface area contributed by atoms with Crippen LogP contribution in [0.1, 0.15) is 53.7 Å². The molecule has 1 saturated heterocycles. The summed E-state index contributed by atoms with van der Waals surface area (Å²) in [5, 5.41) is 0. The van der Waals surface area contributed by atoms with Crippen LogP contribution in [0.25, 0.3) is 11.1 Å². The second-order valence-corrected chi connectivity index (χ2v) is 8.09. The highest BCUT2D eigenvalue weighted by Crippen LogP contribution is 2.32. The first kappa shape index (κ1) is 21.7. The Kier molecular flexibility index (Phi) is 6.39. The lowest BCUT2D eigenvalue weighted by molar-refractivity contribution is -0.129. The molecule has 2 atom stereocenters. The summed E-state index contributed by atoms with van der Waals surface area (Å²) in [5.41, 5.74) is 1.35. The monoisotopic (exact) mass is 414 g/mol. The van der Waals surface area contributed by atoms with Gasteiger partial charge < -0.3 is 14.6 Å². The molecule has 0 aliphatic carbocycles. The van der Waals surface area contributed by atoms with Gasteiger partial charge in [0.2, 0.25) is 0 Å². The second-order valence-electron chi connectivity index (χ2n) is 8.09. The number of nitrogens with one attached hydrogen (secondary N) is 1. The van der Waals surface area contributed by atoms with E-state index in [0.717, 1.165) is 6.42 Å². The fourth-order valence-electron chi connectivity index (χ4n) is 4.24. The number of aromatic amines is 1. The molecular weight excluding hydrogens is 387 g/mol. The molecule has 160 valence electrons. The van der Waals surface area contributed by atoms with Gasteiger partial charge in [0.25, 0.3) is 11.7 Å². The number of halogens is 1. The van der Waals surface area contributed by atoms with Gasteiger partial charge in [-0.1, -0.05) is 26.0 Å². The molecule has 0 bridgehead atoms. The normalized spacial score (nSPS) is 18.9. The number of nitrogens with zero attached hydrogens (tertiary/aromatic N) is 1. The third-order valence-electron chi connectivity index (χ3n) is 5.38. The molecule has 0 saturated carbocycles. The van der Waals surface area contributed by atoms with Crippen molar-refractivity contribution in [3.05, 3.63) is 47.0 Å². The van der Waals surface area contributed by atoms with Crippen molar-refractivity contribution in [3.63, 3.8) is 0 Å². The Bertz CT molecular complexity index is 954. The van der Waals surface area contributed by atoms with Crippen molar-refractivity contribution >= 4 is 17.7 Å². The number of esters is 1. The molecule has 2 aromatic rings. The Morgan fingerprint density at radius 1 is 1.13 bits per heavy atom. The average Bonchev–Trinajstić information content (AvgIpc) is 3.04. The lowest BCUT2D eigenvalue weighted by Crippen LogP contribution is -2.45. The van der Waals surface area contributed by atoms with Gasteiger partial charge in [0.05, 0.1) is 12.2 Å². The van der Waals surface area contributed by atoms with Gasteiger partial charge in [-0.15, -0.1) is 0 Å². The molecule has 0 spiro atoms. The first-order valence-electron chi connectivity index (χ1n) is 10.2. The van der Waals surface area contributed by atoms with E-state index >= 15 is 0 Å². The molecule has 3 rings (SSSR count). The first-order chi connectivity index (χ1) is 14.2. The van der Waals surface area contributed by atoms with Gasteiger partial charge in [-0.3, -0.25) is 9.59 Å². The summed E-state index contributed by atoms with van der Waals surface area (Å²) in [6, 6.07) is 5.45. The second kappa shape index (κ2) is 8.81. The van der Waals surface area contributed by atoms with Gasteiger partial charge in [0, 0.05) is 24.3 Å². The van der Waals surface area contributed by atoms with Crippen LogP contribution < -0.4 is 0 Å². The Hall–Kier alpha value is -2.96. The molecule has 0 unspecified atom stereocenters. The van der Waals surface area contributed by atoms with Crippen LogP contribution in [-0.2, 0) is 9.53 Å². The van der Waals surface area contributed by atoms with Crippen molar-refractivity contribution in [1.82, 2.24) is 9.88 Å². The lowest BCUT2D eigenvalue weighted by Gasteiger charge is -2.34. The summed E-state index contributed by atoms with van der Waals surface area (Å²) < 4.78 is 18.6. The number of ketones is 1. The van der Waals surface area contributed by atoms with E-state index in [1.54, 1.807) is 18.7 Å². The van der Waals surface area contributed by atoms with E-state index in [1.165, 1.54) is 24.3 Å². The van der Waals surface area contributed by atoms with E-state index in [2.05, 4.69) is 18.8 Å². The number of benzene rings is 1. The molecule has 1 aliphatic rings. The molecule has 1 aromatic carbocycles. The SMILES string of the molecule is CCOC(=O)c1c(C)[nH]c(C(=O)C(=O)N2C[C@@H](C)C[C@H](C)C2)c1-c1ccc(F)cc1. The average molecular weight is 414 g/mol. The summed E-state index contributed by atoms with van der Waals surface area (Å²) in [6.07, 6.45) is 1.01. The molecule has 0 radical (unpaired) electrons. The summed E-state index contributed by atoms with van der Waals surface area (Å²) in [7, 11) is 0. The van der Waals surface area contributed by atoms with E-state index in [0.29, 0.717) is 36.2 Å². The van der Waals surface area contributed by atoms with Crippen LogP contribution in [0.4, 0.5) is 4.39 Å². The fourth-order valence-corrected chi connectivity index (χ4v) is 4.24. The predicted molar refractivity (Wildman–Crippen MR) is 111 cm³/mol. The van der Waals surface area contributed by atoms with Crippen LogP contribution in [-0.4, -0.2) is 47.2 Å². The molecule has 1 amide bonds. The standard InChI is InChI=1S/C23H27FN2O4/c1-5-30-23(29)18-15(4)25-20(19(18)16-6-8-17(24)9-7-16)21(27)22(28)26-11-13(2)10-14(3)12-26/h6-9,13-14,25H,5,10-12H2,1-4H3/t13-,14-/m0/s1. The minimum absolute atomic E-state index is 0.0260. The van der Waals surface area contributed by atoms with Crippen LogP contribution in [0, 0.1) is 24.6 Å². The number of hydrogen-bond acceptors (Lipinski definition) is 4. The maximum absolute atomic E-state index is 13.5. The maximum atomic E-state index is 13.5. The highest BCUT2D eigenvalue weighted by atomic mass is 19.1. The van der Waals surface area contributed by atoms with E-state index < -0.39 is 23.5 Å². The number of hydrogen-bond donors (Lipinski definition) is 1. The van der Waals surface area contributed by atoms with Gasteiger partial charge in [-0.05, 0) is 49.8 Å². The van der Waals surface area contributed by atoms with Crippen LogP contribution in [0.3, 0.4) is 0 Å². The Morgan fingerprint density at radius 3 is 2.30 bits per heavy atom. The van der Waals surface area contributed by atoms with Crippen molar-refractivity contribution in [1.29, 1.82) is 0 Å². The molecule has 7 heteroatoms. The largest absolute Gasteiger partial charge is 0.462 e. The predicted octanol–water partition coefficient (Wildman–Crippen LogP) is 3.99. The third kappa shape index (κ3) is 4.30. The Morgan fingerprint density at radius 2 is 1.73 bits per heavy atom. The molecule has 1 fully saturated rings. The summed E-state index contributed by atoms with van der Waals surface area (Å²) in [6.45, 7) is 8.65. The van der Waals surface area contributed by atoms with Gasteiger partial charge in [0.15, 0.2) is 0 Å². The van der Waals surface area contributed by atoms with E-state index in [1.807, 2.05) is 0 Å². The van der Waals surface area contributed by atoms with Crippen molar-refractivity contribution in [3.8, 4) is 11.1 Å². The molecule has 1 aliphatic heterocycles. The number of likely N-dealkylation sites (tertiary alicyclic amines) is 1. The number of ether oxygens (including phenoxy) is 1. The van der Waals surface area contributed by atoms with Crippen LogP contribution in [0.5, 0.6) is 0 Å². The van der Waals surface area contributed by atoms with E-state index in [-0.39, 0.29) is 23.4 Å². The maximum Gasteiger partial charge on any atom is 0.340 e. The Labute approximate surface area is 175 Å². The smallest absolute Gasteiger partial charge is 0.340 e. The van der Waals surface area contributed by atoms with E-state index in [9.17, 15) is 18.8 Å². The molecule has 6 nitrogen and oxygen atoms in total. The molecular formula is C23H27FN2O4. The number of aryl methyl sites for hydroxylation is 1. The summed E-state index contributed by atoms with van der Waals surface area (Å²) >= 11 is 0. The number of carbonyl (C=O) groups excluding carboxylic acids is 3. The minimum atomic E-state index is -0.714. The summed E-state index contributed by atoms with van der Waals surface area (Å²) in [4.78, 5) is 43.3. The van der Waals surface area contributed by atoms with Gasteiger partial charge in [0.1, 0.15) is 11.5 Å². The van der Waals surface area contributed by atoms with Crippen LogP contribution >= 0.6 is 0 Å². The molecule has 1 N–H and O–H groups in total. The van der Waals surface area contributed by atoms with Gasteiger partial charge in [-0.2, -0.15) is 0 Å². The highest BCUT2D eigenvalue weighted by Gasteiger charge is 2.34. The topological polar surface area (TPSA) is 79.5 Å². The third-order valence-corrected chi connectivity index (χ3v) is 5.38. The number of rotatable bonds is 5. The molecule has 1 aromatic heterocycles. The number of piperidine rings is 1. The fraction of sp³-hybridized carbons (Fsp3) is 0.435. The van der Waals surface area contributed by atoms with Crippen LogP contribution in [0.2, 0.25) is 0 Å². The highest BCUT2D eigenvalue weighted by molar-refractivity contribution is 6.43. The van der Waals surface area contributed by atoms with E-state index in [4.69, 9.17) is 4.74 Å². The van der Waals surface area contributed by atoms with Gasteiger partial charge >= 0.3 is 5.97 Å².